The van der Waals surface area contributed by atoms with Crippen molar-refractivity contribution in [2.24, 2.45) is 5.92 Å². The highest BCUT2D eigenvalue weighted by molar-refractivity contribution is 6.26. The summed E-state index contributed by atoms with van der Waals surface area (Å²) in [6.45, 7) is 4.55. The molecular weight excluding hydrogens is 565 g/mol. The van der Waals surface area contributed by atoms with E-state index in [-0.39, 0.29) is 5.41 Å². The van der Waals surface area contributed by atoms with Crippen LogP contribution >= 0.6 is 0 Å². The lowest BCUT2D eigenvalue weighted by Crippen LogP contribution is -2.32. The van der Waals surface area contributed by atoms with Gasteiger partial charge in [0.2, 0.25) is 0 Å². The number of aryl methyl sites for hydroxylation is 2. The smallest absolute Gasteiger partial charge is 0.0541 e. The summed E-state index contributed by atoms with van der Waals surface area (Å²) in [4.78, 5) is 0. The zero-order valence-corrected chi connectivity index (χ0v) is 26.6. The molecule has 0 saturated heterocycles. The topological polar surface area (TPSA) is 0 Å². The molecule has 0 bridgehead atoms. The van der Waals surface area contributed by atoms with Crippen molar-refractivity contribution in [1.82, 2.24) is 0 Å². The fourth-order valence-corrected chi connectivity index (χ4v) is 10.3. The second-order valence-electron chi connectivity index (χ2n) is 14.0. The molecule has 0 aliphatic heterocycles. The van der Waals surface area contributed by atoms with E-state index >= 15 is 0 Å². The summed E-state index contributed by atoms with van der Waals surface area (Å²) in [5.41, 5.74) is 20.8. The van der Waals surface area contributed by atoms with Crippen LogP contribution in [0.15, 0.2) is 140 Å². The molecule has 0 heterocycles. The van der Waals surface area contributed by atoms with E-state index in [2.05, 4.69) is 153 Å². The van der Waals surface area contributed by atoms with Crippen molar-refractivity contribution in [3.63, 3.8) is 0 Å². The maximum atomic E-state index is 2.63. The van der Waals surface area contributed by atoms with Crippen LogP contribution in [-0.4, -0.2) is 0 Å². The summed E-state index contributed by atoms with van der Waals surface area (Å²) in [6.07, 6.45) is 8.09. The second-order valence-corrected chi connectivity index (χ2v) is 14.0. The Labute approximate surface area is 275 Å². The Morgan fingerprint density at radius 1 is 0.511 bits per heavy atom. The molecule has 0 saturated carbocycles. The van der Waals surface area contributed by atoms with Gasteiger partial charge < -0.3 is 0 Å². The number of fused-ring (bicyclic) bond motifs is 15. The van der Waals surface area contributed by atoms with Crippen LogP contribution in [0.1, 0.15) is 39.8 Å². The lowest BCUT2D eigenvalue weighted by atomic mass is 9.65. The zero-order valence-electron chi connectivity index (χ0n) is 26.6. The molecule has 4 aliphatic carbocycles. The molecule has 11 rings (SSSR count). The minimum Gasteiger partial charge on any atom is -0.0839 e. The Balaban J connectivity index is 1.32. The highest BCUT2D eigenvalue weighted by Crippen LogP contribution is 2.68. The summed E-state index contributed by atoms with van der Waals surface area (Å²) in [5, 5.41) is 5.42. The van der Waals surface area contributed by atoms with Gasteiger partial charge in [0, 0.05) is 5.92 Å². The number of benzene rings is 7. The first kappa shape index (κ1) is 25.7. The van der Waals surface area contributed by atoms with Crippen molar-refractivity contribution in [1.29, 1.82) is 0 Å². The summed E-state index contributed by atoms with van der Waals surface area (Å²) in [5.74, 6) is 0.364. The number of allylic oxidation sites excluding steroid dienone is 4. The minimum absolute atomic E-state index is 0.227. The Hall–Kier alpha value is -5.46. The molecule has 7 aromatic carbocycles. The first-order valence-electron chi connectivity index (χ1n) is 17.0. The lowest BCUT2D eigenvalue weighted by molar-refractivity contribution is 0.495. The fourth-order valence-electron chi connectivity index (χ4n) is 10.3. The van der Waals surface area contributed by atoms with Gasteiger partial charge in [-0.25, -0.2) is 0 Å². The fraction of sp³-hybridized carbons (Fsp3) is 0.106. The molecule has 220 valence electrons. The van der Waals surface area contributed by atoms with Crippen molar-refractivity contribution in [2.75, 3.05) is 0 Å². The maximum absolute atomic E-state index is 2.63. The number of hydrogen-bond acceptors (Lipinski definition) is 0. The third-order valence-corrected chi connectivity index (χ3v) is 11.9. The van der Waals surface area contributed by atoms with E-state index in [1.54, 1.807) is 0 Å². The maximum Gasteiger partial charge on any atom is 0.0541 e. The molecule has 0 nitrogen and oxygen atoms in total. The average Bonchev–Trinajstić information content (AvgIpc) is 3.71. The van der Waals surface area contributed by atoms with Gasteiger partial charge in [0.15, 0.2) is 0 Å². The minimum atomic E-state index is -0.227. The van der Waals surface area contributed by atoms with E-state index in [0.29, 0.717) is 5.92 Å². The predicted octanol–water partition coefficient (Wildman–Crippen LogP) is 12.2. The molecule has 7 aromatic rings. The molecule has 0 radical (unpaired) electrons. The monoisotopic (exact) mass is 596 g/mol. The zero-order chi connectivity index (χ0) is 31.0. The molecule has 0 fully saturated rings. The molecule has 4 aliphatic rings. The van der Waals surface area contributed by atoms with Gasteiger partial charge >= 0.3 is 0 Å². The van der Waals surface area contributed by atoms with Crippen molar-refractivity contribution >= 4 is 27.1 Å². The summed E-state index contributed by atoms with van der Waals surface area (Å²) in [7, 11) is 0. The SMILES string of the molecule is Cc1cccc(C)c1-c1c2c(cc3ccccc13)-c1cc3c(c4cccc-2c14)-c1ccccc1C31c2ccccc2C2=CC=CCC21. The first-order chi connectivity index (χ1) is 23.2. The van der Waals surface area contributed by atoms with Gasteiger partial charge in [-0.2, -0.15) is 0 Å². The van der Waals surface area contributed by atoms with E-state index in [1.807, 2.05) is 0 Å². The molecule has 0 aromatic heterocycles. The molecule has 47 heavy (non-hydrogen) atoms. The van der Waals surface area contributed by atoms with Crippen molar-refractivity contribution in [3.05, 3.63) is 173 Å². The van der Waals surface area contributed by atoms with Gasteiger partial charge in [-0.15, -0.1) is 0 Å². The Morgan fingerprint density at radius 2 is 1.19 bits per heavy atom. The van der Waals surface area contributed by atoms with Crippen LogP contribution in [0.5, 0.6) is 0 Å². The molecule has 2 atom stereocenters. The van der Waals surface area contributed by atoms with Gasteiger partial charge in [-0.3, -0.25) is 0 Å². The van der Waals surface area contributed by atoms with Crippen molar-refractivity contribution in [3.8, 4) is 44.5 Å². The Morgan fingerprint density at radius 3 is 2.04 bits per heavy atom. The molecule has 2 unspecified atom stereocenters. The number of hydrogen-bond donors (Lipinski definition) is 0. The Bertz CT molecular complexity index is 2610. The lowest BCUT2D eigenvalue weighted by Gasteiger charge is -2.36. The highest BCUT2D eigenvalue weighted by Gasteiger charge is 2.56. The van der Waals surface area contributed by atoms with E-state index < -0.39 is 0 Å². The molecule has 0 heteroatoms. The van der Waals surface area contributed by atoms with Crippen LogP contribution in [0, 0.1) is 19.8 Å². The van der Waals surface area contributed by atoms with Gasteiger partial charge in [0.25, 0.3) is 0 Å². The molecule has 0 amide bonds. The van der Waals surface area contributed by atoms with Gasteiger partial charge in [-0.1, -0.05) is 127 Å². The van der Waals surface area contributed by atoms with E-state index in [9.17, 15) is 0 Å². The standard InChI is InChI=1S/C47H32/c1-27-13-11-14-28(2)42(27)46-30-16-4-3-15-29(30)25-36-37-26-41-44(34-20-12-21-35(43(34)37)45(36)46)33-19-7-10-24-40(33)47(41)38-22-8-5-17-31(38)32-18-6-9-23-39(32)47/h3-22,24-26,39H,23H2,1-2H3. The van der Waals surface area contributed by atoms with Crippen LogP contribution in [0.4, 0.5) is 0 Å². The highest BCUT2D eigenvalue weighted by atomic mass is 14.6. The quantitative estimate of drug-likeness (QED) is 0.177. The number of rotatable bonds is 1. The van der Waals surface area contributed by atoms with Gasteiger partial charge in [0.05, 0.1) is 5.41 Å². The van der Waals surface area contributed by atoms with Crippen LogP contribution in [0.3, 0.4) is 0 Å². The van der Waals surface area contributed by atoms with Crippen LogP contribution in [-0.2, 0) is 5.41 Å². The van der Waals surface area contributed by atoms with Crippen LogP contribution in [0.2, 0.25) is 0 Å². The van der Waals surface area contributed by atoms with Gasteiger partial charge in [-0.05, 0) is 137 Å². The predicted molar refractivity (Wildman–Crippen MR) is 198 cm³/mol. The second kappa shape index (κ2) is 8.87. The molecule has 1 spiro atoms. The average molecular weight is 597 g/mol. The largest absolute Gasteiger partial charge is 0.0839 e. The van der Waals surface area contributed by atoms with E-state index in [4.69, 9.17) is 0 Å². The molecule has 0 N–H and O–H groups in total. The van der Waals surface area contributed by atoms with Crippen LogP contribution < -0.4 is 0 Å². The third kappa shape index (κ3) is 2.96. The van der Waals surface area contributed by atoms with Crippen molar-refractivity contribution in [2.45, 2.75) is 25.7 Å². The molecular formula is C47H32. The van der Waals surface area contributed by atoms with E-state index in [0.717, 1.165) is 6.42 Å². The van der Waals surface area contributed by atoms with E-state index in [1.165, 1.54) is 105 Å². The third-order valence-electron chi connectivity index (χ3n) is 11.9. The first-order valence-corrected chi connectivity index (χ1v) is 17.0. The Kier molecular flexibility index (Phi) is 4.85. The van der Waals surface area contributed by atoms with Crippen molar-refractivity contribution < 1.29 is 0 Å². The van der Waals surface area contributed by atoms with Gasteiger partial charge in [0.1, 0.15) is 0 Å². The summed E-state index contributed by atoms with van der Waals surface area (Å²) in [6, 6.07) is 46.5. The summed E-state index contributed by atoms with van der Waals surface area (Å²) >= 11 is 0. The summed E-state index contributed by atoms with van der Waals surface area (Å²) < 4.78 is 0. The normalized spacial score (nSPS) is 19.1. The van der Waals surface area contributed by atoms with Crippen LogP contribution in [0.25, 0.3) is 71.6 Å².